The molecular weight excluding hydrogens is 266 g/mol. The standard InChI is InChI=1S/C12H11N3OS2/c13-5-1-2-10-3-4-11(18-10)12(16)14-6-9-7-17-8-15-9/h3-4,7-8H,5-6,13H2,(H,14,16). The molecule has 0 atom stereocenters. The Morgan fingerprint density at radius 2 is 2.39 bits per heavy atom. The van der Waals surface area contributed by atoms with Crippen molar-refractivity contribution in [3.05, 3.63) is 38.5 Å². The van der Waals surface area contributed by atoms with Gasteiger partial charge in [0.15, 0.2) is 0 Å². The molecular formula is C12H11N3OS2. The maximum Gasteiger partial charge on any atom is 0.261 e. The molecule has 0 unspecified atom stereocenters. The van der Waals surface area contributed by atoms with E-state index in [1.807, 2.05) is 11.4 Å². The van der Waals surface area contributed by atoms with Crippen molar-refractivity contribution in [2.75, 3.05) is 6.54 Å². The Morgan fingerprint density at radius 3 is 3.11 bits per heavy atom. The molecule has 0 aliphatic rings. The van der Waals surface area contributed by atoms with Gasteiger partial charge in [-0.05, 0) is 12.1 Å². The first-order valence-electron chi connectivity index (χ1n) is 5.23. The van der Waals surface area contributed by atoms with E-state index in [4.69, 9.17) is 5.73 Å². The molecule has 0 aliphatic carbocycles. The van der Waals surface area contributed by atoms with Crippen LogP contribution in [0, 0.1) is 11.8 Å². The summed E-state index contributed by atoms with van der Waals surface area (Å²) < 4.78 is 0. The second kappa shape index (κ2) is 6.31. The number of nitrogens with two attached hydrogens (primary N) is 1. The first-order valence-corrected chi connectivity index (χ1v) is 6.99. The van der Waals surface area contributed by atoms with E-state index in [1.54, 1.807) is 11.6 Å². The summed E-state index contributed by atoms with van der Waals surface area (Å²) in [5.74, 6) is 5.56. The van der Waals surface area contributed by atoms with Gasteiger partial charge in [0.2, 0.25) is 0 Å². The van der Waals surface area contributed by atoms with Gasteiger partial charge in [-0.15, -0.1) is 22.7 Å². The molecule has 2 heterocycles. The minimum absolute atomic E-state index is 0.103. The summed E-state index contributed by atoms with van der Waals surface area (Å²) in [5, 5.41) is 4.72. The number of hydrogen-bond acceptors (Lipinski definition) is 5. The van der Waals surface area contributed by atoms with Crippen LogP contribution < -0.4 is 11.1 Å². The van der Waals surface area contributed by atoms with Gasteiger partial charge in [0.05, 0.1) is 34.0 Å². The molecule has 0 bridgehead atoms. The lowest BCUT2D eigenvalue weighted by Gasteiger charge is -1.99. The van der Waals surface area contributed by atoms with Crippen LogP contribution in [0.2, 0.25) is 0 Å². The van der Waals surface area contributed by atoms with E-state index < -0.39 is 0 Å². The zero-order valence-electron chi connectivity index (χ0n) is 9.47. The van der Waals surface area contributed by atoms with Crippen molar-refractivity contribution >= 4 is 28.6 Å². The Balaban J connectivity index is 1.94. The van der Waals surface area contributed by atoms with E-state index in [9.17, 15) is 4.79 Å². The number of carbonyl (C=O) groups excluding carboxylic acids is 1. The number of nitrogens with one attached hydrogen (secondary N) is 1. The van der Waals surface area contributed by atoms with Crippen molar-refractivity contribution in [3.8, 4) is 11.8 Å². The smallest absolute Gasteiger partial charge is 0.261 e. The monoisotopic (exact) mass is 277 g/mol. The van der Waals surface area contributed by atoms with Gasteiger partial charge in [-0.2, -0.15) is 0 Å². The highest BCUT2D eigenvalue weighted by Crippen LogP contribution is 2.15. The van der Waals surface area contributed by atoms with E-state index in [1.165, 1.54) is 22.7 Å². The lowest BCUT2D eigenvalue weighted by atomic mass is 10.4. The maximum atomic E-state index is 11.8. The molecule has 6 heteroatoms. The van der Waals surface area contributed by atoms with E-state index >= 15 is 0 Å². The van der Waals surface area contributed by atoms with Crippen LogP contribution in [0.5, 0.6) is 0 Å². The van der Waals surface area contributed by atoms with Crippen molar-refractivity contribution in [3.63, 3.8) is 0 Å². The minimum Gasteiger partial charge on any atom is -0.346 e. The molecule has 4 nitrogen and oxygen atoms in total. The normalized spacial score (nSPS) is 9.61. The molecule has 92 valence electrons. The van der Waals surface area contributed by atoms with Crippen LogP contribution in [0.4, 0.5) is 0 Å². The van der Waals surface area contributed by atoms with Gasteiger partial charge >= 0.3 is 0 Å². The number of thiazole rings is 1. The van der Waals surface area contributed by atoms with E-state index in [0.29, 0.717) is 18.0 Å². The molecule has 0 aliphatic heterocycles. The number of hydrogen-bond donors (Lipinski definition) is 2. The lowest BCUT2D eigenvalue weighted by Crippen LogP contribution is -2.21. The second-order valence-electron chi connectivity index (χ2n) is 3.33. The predicted octanol–water partition coefficient (Wildman–Crippen LogP) is 1.44. The average Bonchev–Trinajstić information content (AvgIpc) is 3.04. The minimum atomic E-state index is -0.103. The van der Waals surface area contributed by atoms with E-state index in [-0.39, 0.29) is 5.91 Å². The Kier molecular flexibility index (Phi) is 4.47. The molecule has 2 aromatic rings. The SMILES string of the molecule is NCC#Cc1ccc(C(=O)NCc2cscn2)s1. The van der Waals surface area contributed by atoms with Gasteiger partial charge in [0, 0.05) is 5.38 Å². The maximum absolute atomic E-state index is 11.8. The van der Waals surface area contributed by atoms with Crippen LogP contribution in [0.3, 0.4) is 0 Å². The fourth-order valence-electron chi connectivity index (χ4n) is 1.25. The van der Waals surface area contributed by atoms with Crippen molar-refractivity contribution in [2.24, 2.45) is 5.73 Å². The van der Waals surface area contributed by atoms with Crippen molar-refractivity contribution in [1.82, 2.24) is 10.3 Å². The quantitative estimate of drug-likeness (QED) is 0.834. The number of rotatable bonds is 3. The van der Waals surface area contributed by atoms with Crippen LogP contribution in [0.25, 0.3) is 0 Å². The first kappa shape index (κ1) is 12.8. The lowest BCUT2D eigenvalue weighted by molar-refractivity contribution is 0.0954. The number of nitrogens with zero attached hydrogens (tertiary/aromatic N) is 1. The fraction of sp³-hybridized carbons (Fsp3) is 0.167. The third-order valence-corrected chi connectivity index (χ3v) is 3.69. The number of thiophene rings is 1. The summed E-state index contributed by atoms with van der Waals surface area (Å²) in [6.07, 6.45) is 0. The largest absolute Gasteiger partial charge is 0.346 e. The van der Waals surface area contributed by atoms with Gasteiger partial charge in [-0.3, -0.25) is 4.79 Å². The van der Waals surface area contributed by atoms with Crippen molar-refractivity contribution in [1.29, 1.82) is 0 Å². The Labute approximate surface area is 113 Å². The third kappa shape index (κ3) is 3.40. The molecule has 0 radical (unpaired) electrons. The zero-order valence-corrected chi connectivity index (χ0v) is 11.1. The molecule has 0 saturated carbocycles. The van der Waals surface area contributed by atoms with Crippen LogP contribution in [0.15, 0.2) is 23.0 Å². The van der Waals surface area contributed by atoms with Crippen LogP contribution >= 0.6 is 22.7 Å². The van der Waals surface area contributed by atoms with Crippen LogP contribution in [-0.2, 0) is 6.54 Å². The highest BCUT2D eigenvalue weighted by atomic mass is 32.1. The van der Waals surface area contributed by atoms with Gasteiger partial charge in [-0.25, -0.2) is 4.98 Å². The molecule has 0 spiro atoms. The third-order valence-electron chi connectivity index (χ3n) is 2.06. The second-order valence-corrected chi connectivity index (χ2v) is 5.13. The molecule has 2 aromatic heterocycles. The first-order chi connectivity index (χ1) is 8.79. The van der Waals surface area contributed by atoms with Crippen LogP contribution in [0.1, 0.15) is 20.2 Å². The molecule has 2 rings (SSSR count). The summed E-state index contributed by atoms with van der Waals surface area (Å²) in [6.45, 7) is 0.771. The molecule has 1 amide bonds. The van der Waals surface area contributed by atoms with Crippen molar-refractivity contribution in [2.45, 2.75) is 6.54 Å². The number of aromatic nitrogens is 1. The average molecular weight is 277 g/mol. The summed E-state index contributed by atoms with van der Waals surface area (Å²) in [6, 6.07) is 3.59. The summed E-state index contributed by atoms with van der Waals surface area (Å²) in [5.41, 5.74) is 7.90. The predicted molar refractivity (Wildman–Crippen MR) is 73.5 cm³/mol. The Hall–Kier alpha value is -1.68. The van der Waals surface area contributed by atoms with E-state index in [0.717, 1.165) is 10.6 Å². The highest BCUT2D eigenvalue weighted by Gasteiger charge is 2.08. The fourth-order valence-corrected chi connectivity index (χ4v) is 2.60. The Bertz CT molecular complexity index is 578. The molecule has 3 N–H and O–H groups in total. The van der Waals surface area contributed by atoms with Gasteiger partial charge in [0.25, 0.3) is 5.91 Å². The topological polar surface area (TPSA) is 68.0 Å². The zero-order chi connectivity index (χ0) is 12.8. The number of carbonyl (C=O) groups is 1. The molecule has 0 aromatic carbocycles. The molecule has 18 heavy (non-hydrogen) atoms. The summed E-state index contributed by atoms with van der Waals surface area (Å²) in [4.78, 5) is 17.4. The van der Waals surface area contributed by atoms with Gasteiger partial charge in [0.1, 0.15) is 0 Å². The Morgan fingerprint density at radius 1 is 1.50 bits per heavy atom. The summed E-state index contributed by atoms with van der Waals surface area (Å²) >= 11 is 2.87. The van der Waals surface area contributed by atoms with Crippen molar-refractivity contribution < 1.29 is 4.79 Å². The van der Waals surface area contributed by atoms with Gasteiger partial charge < -0.3 is 11.1 Å². The number of amides is 1. The highest BCUT2D eigenvalue weighted by molar-refractivity contribution is 7.14. The molecule has 0 fully saturated rings. The van der Waals surface area contributed by atoms with Gasteiger partial charge in [-0.1, -0.05) is 11.8 Å². The van der Waals surface area contributed by atoms with Crippen LogP contribution in [-0.4, -0.2) is 17.4 Å². The summed E-state index contributed by atoms with van der Waals surface area (Å²) in [7, 11) is 0. The molecule has 0 saturated heterocycles. The van der Waals surface area contributed by atoms with E-state index in [2.05, 4.69) is 22.1 Å².